The zero-order valence-corrected chi connectivity index (χ0v) is 13.9. The number of benzene rings is 1. The molecule has 1 saturated heterocycles. The molecule has 7 nitrogen and oxygen atoms in total. The minimum absolute atomic E-state index is 0.00219. The average Bonchev–Trinajstić information content (AvgIpc) is 3.25. The topological polar surface area (TPSA) is 75.6 Å². The first-order valence-electron chi connectivity index (χ1n) is 8.16. The Labute approximate surface area is 145 Å². The molecule has 0 radical (unpaired) electrons. The Morgan fingerprint density at radius 2 is 2.04 bits per heavy atom. The Balaban J connectivity index is 1.46. The second-order valence-electron chi connectivity index (χ2n) is 6.29. The number of ether oxygens (including phenoxy) is 1. The van der Waals surface area contributed by atoms with Crippen LogP contribution in [0.5, 0.6) is 5.75 Å². The number of rotatable bonds is 3. The number of hydrogen-bond donors (Lipinski definition) is 0. The van der Waals surface area contributed by atoms with E-state index in [1.165, 1.54) is 6.33 Å². The monoisotopic (exact) mass is 338 g/mol. The van der Waals surface area contributed by atoms with Crippen molar-refractivity contribution >= 4 is 17.5 Å². The van der Waals surface area contributed by atoms with Crippen LogP contribution < -0.4 is 9.64 Å². The van der Waals surface area contributed by atoms with E-state index in [0.717, 1.165) is 22.7 Å². The summed E-state index contributed by atoms with van der Waals surface area (Å²) in [5, 5.41) is 0. The van der Waals surface area contributed by atoms with Crippen molar-refractivity contribution in [2.24, 2.45) is 5.92 Å². The van der Waals surface area contributed by atoms with E-state index in [0.29, 0.717) is 19.6 Å². The number of anilines is 1. The molecule has 0 N–H and O–H groups in total. The third-order valence-electron chi connectivity index (χ3n) is 4.75. The quantitative estimate of drug-likeness (QED) is 0.845. The van der Waals surface area contributed by atoms with Crippen LogP contribution in [-0.2, 0) is 22.7 Å². The van der Waals surface area contributed by atoms with Gasteiger partial charge in [0.2, 0.25) is 11.8 Å². The van der Waals surface area contributed by atoms with E-state index in [2.05, 4.69) is 9.97 Å². The lowest BCUT2D eigenvalue weighted by atomic mass is 10.1. The summed E-state index contributed by atoms with van der Waals surface area (Å²) < 4.78 is 5.14. The molecule has 0 bridgehead atoms. The van der Waals surface area contributed by atoms with Gasteiger partial charge in [-0.05, 0) is 24.3 Å². The van der Waals surface area contributed by atoms with Gasteiger partial charge in [0.25, 0.3) is 0 Å². The molecule has 0 unspecified atom stereocenters. The van der Waals surface area contributed by atoms with Crippen LogP contribution in [0, 0.1) is 5.92 Å². The van der Waals surface area contributed by atoms with Gasteiger partial charge < -0.3 is 14.5 Å². The minimum Gasteiger partial charge on any atom is -0.497 e. The third-order valence-corrected chi connectivity index (χ3v) is 4.75. The number of methoxy groups -OCH3 is 1. The van der Waals surface area contributed by atoms with E-state index in [1.807, 2.05) is 24.3 Å². The van der Waals surface area contributed by atoms with Gasteiger partial charge in [-0.3, -0.25) is 9.59 Å². The highest BCUT2D eigenvalue weighted by Gasteiger charge is 2.38. The Bertz CT molecular complexity index is 796. The Morgan fingerprint density at radius 3 is 2.76 bits per heavy atom. The van der Waals surface area contributed by atoms with Crippen LogP contribution in [0.4, 0.5) is 5.69 Å². The maximum Gasteiger partial charge on any atom is 0.228 e. The van der Waals surface area contributed by atoms with Crippen LogP contribution in [-0.4, -0.2) is 40.3 Å². The van der Waals surface area contributed by atoms with Gasteiger partial charge in [-0.1, -0.05) is 0 Å². The number of aromatic nitrogens is 2. The number of hydrogen-bond acceptors (Lipinski definition) is 5. The first-order valence-corrected chi connectivity index (χ1v) is 8.16. The minimum atomic E-state index is -0.322. The van der Waals surface area contributed by atoms with Crippen molar-refractivity contribution in [1.82, 2.24) is 14.9 Å². The molecule has 2 aliphatic rings. The lowest BCUT2D eigenvalue weighted by molar-refractivity contribution is -0.136. The van der Waals surface area contributed by atoms with E-state index < -0.39 is 0 Å². The summed E-state index contributed by atoms with van der Waals surface area (Å²) in [6, 6.07) is 7.30. The SMILES string of the molecule is COc1ccc(N2C[C@H](C(=O)N3Cc4cncnc4C3)CC2=O)cc1. The van der Waals surface area contributed by atoms with E-state index >= 15 is 0 Å². The van der Waals surface area contributed by atoms with Crippen molar-refractivity contribution in [3.05, 3.63) is 48.0 Å². The van der Waals surface area contributed by atoms with Gasteiger partial charge in [0, 0.05) is 37.0 Å². The van der Waals surface area contributed by atoms with Crippen molar-refractivity contribution in [2.75, 3.05) is 18.6 Å². The lowest BCUT2D eigenvalue weighted by Crippen LogP contribution is -2.34. The molecular formula is C18H18N4O3. The summed E-state index contributed by atoms with van der Waals surface area (Å²) in [7, 11) is 1.60. The molecule has 1 aromatic carbocycles. The summed E-state index contributed by atoms with van der Waals surface area (Å²) in [5.41, 5.74) is 2.66. The molecular weight excluding hydrogens is 320 g/mol. The summed E-state index contributed by atoms with van der Waals surface area (Å²) >= 11 is 0. The molecule has 2 amide bonds. The fourth-order valence-corrected chi connectivity index (χ4v) is 3.40. The highest BCUT2D eigenvalue weighted by atomic mass is 16.5. The molecule has 0 saturated carbocycles. The smallest absolute Gasteiger partial charge is 0.228 e. The fraction of sp³-hybridized carbons (Fsp3) is 0.333. The van der Waals surface area contributed by atoms with Crippen LogP contribution in [0.25, 0.3) is 0 Å². The largest absolute Gasteiger partial charge is 0.497 e. The first-order chi connectivity index (χ1) is 12.2. The first kappa shape index (κ1) is 15.6. The van der Waals surface area contributed by atoms with E-state index in [-0.39, 0.29) is 24.2 Å². The predicted octanol–water partition coefficient (Wildman–Crippen LogP) is 1.38. The van der Waals surface area contributed by atoms with Crippen molar-refractivity contribution < 1.29 is 14.3 Å². The van der Waals surface area contributed by atoms with Gasteiger partial charge in [-0.15, -0.1) is 0 Å². The van der Waals surface area contributed by atoms with Gasteiger partial charge in [0.05, 0.1) is 25.3 Å². The predicted molar refractivity (Wildman–Crippen MR) is 89.7 cm³/mol. The molecule has 0 spiro atoms. The number of nitrogens with zero attached hydrogens (tertiary/aromatic N) is 4. The van der Waals surface area contributed by atoms with Gasteiger partial charge in [0.15, 0.2) is 0 Å². The van der Waals surface area contributed by atoms with Crippen molar-refractivity contribution in [3.8, 4) is 5.75 Å². The van der Waals surface area contributed by atoms with Crippen LogP contribution in [0.15, 0.2) is 36.8 Å². The maximum absolute atomic E-state index is 12.8. The van der Waals surface area contributed by atoms with Gasteiger partial charge >= 0.3 is 0 Å². The molecule has 0 aliphatic carbocycles. The molecule has 3 heterocycles. The molecule has 1 atom stereocenters. The second-order valence-corrected chi connectivity index (χ2v) is 6.29. The number of carbonyl (C=O) groups excluding carboxylic acids is 2. The lowest BCUT2D eigenvalue weighted by Gasteiger charge is -2.20. The third kappa shape index (κ3) is 2.82. The van der Waals surface area contributed by atoms with Crippen LogP contribution >= 0.6 is 0 Å². The number of fused-ring (bicyclic) bond motifs is 1. The zero-order chi connectivity index (χ0) is 17.4. The van der Waals surface area contributed by atoms with Crippen LogP contribution in [0.2, 0.25) is 0 Å². The fourth-order valence-electron chi connectivity index (χ4n) is 3.40. The van der Waals surface area contributed by atoms with Gasteiger partial charge in [-0.2, -0.15) is 0 Å². The normalized spacial score (nSPS) is 19.2. The van der Waals surface area contributed by atoms with E-state index in [9.17, 15) is 9.59 Å². The van der Waals surface area contributed by atoms with E-state index in [1.54, 1.807) is 23.1 Å². The Hall–Kier alpha value is -2.96. The molecule has 2 aromatic rings. The van der Waals surface area contributed by atoms with Crippen molar-refractivity contribution in [1.29, 1.82) is 0 Å². The van der Waals surface area contributed by atoms with Gasteiger partial charge in [0.1, 0.15) is 12.1 Å². The van der Waals surface area contributed by atoms with Gasteiger partial charge in [-0.25, -0.2) is 9.97 Å². The molecule has 1 aromatic heterocycles. The van der Waals surface area contributed by atoms with Crippen LogP contribution in [0.1, 0.15) is 17.7 Å². The zero-order valence-electron chi connectivity index (χ0n) is 13.9. The number of amides is 2. The summed E-state index contributed by atoms with van der Waals surface area (Å²) in [4.78, 5) is 36.8. The summed E-state index contributed by atoms with van der Waals surface area (Å²) in [6.45, 7) is 1.41. The maximum atomic E-state index is 12.8. The molecule has 4 rings (SSSR count). The number of carbonyl (C=O) groups is 2. The Kier molecular flexibility index (Phi) is 3.83. The summed E-state index contributed by atoms with van der Waals surface area (Å²) in [6.07, 6.45) is 3.49. The molecule has 2 aliphatic heterocycles. The highest BCUT2D eigenvalue weighted by Crippen LogP contribution is 2.30. The van der Waals surface area contributed by atoms with E-state index in [4.69, 9.17) is 4.74 Å². The molecule has 25 heavy (non-hydrogen) atoms. The average molecular weight is 338 g/mol. The Morgan fingerprint density at radius 1 is 1.24 bits per heavy atom. The highest BCUT2D eigenvalue weighted by molar-refractivity contribution is 6.00. The standard InChI is InChI=1S/C18H18N4O3/c1-25-15-4-2-14(3-5-15)22-9-12(6-17(22)23)18(24)21-8-13-7-19-11-20-16(13)10-21/h2-5,7,11-12H,6,8-10H2,1H3/t12-/m1/s1. The molecule has 1 fully saturated rings. The second kappa shape index (κ2) is 6.16. The van der Waals surface area contributed by atoms with Crippen molar-refractivity contribution in [3.63, 3.8) is 0 Å². The summed E-state index contributed by atoms with van der Waals surface area (Å²) in [5.74, 6) is 0.387. The molecule has 128 valence electrons. The van der Waals surface area contributed by atoms with Crippen LogP contribution in [0.3, 0.4) is 0 Å². The van der Waals surface area contributed by atoms with Crippen molar-refractivity contribution in [2.45, 2.75) is 19.5 Å². The molecule has 7 heteroatoms.